The highest BCUT2D eigenvalue weighted by Gasteiger charge is 2.45. The minimum atomic E-state index is -4.15. The second-order valence-corrected chi connectivity index (χ2v) is 11.7. The lowest BCUT2D eigenvalue weighted by Gasteiger charge is -2.35. The van der Waals surface area contributed by atoms with Crippen LogP contribution in [0.4, 0.5) is 19.0 Å². The van der Waals surface area contributed by atoms with Gasteiger partial charge >= 0.3 is 6.18 Å². The topological polar surface area (TPSA) is 66.6 Å². The number of fused-ring (bicyclic) bond motifs is 3. The third-order valence-electron chi connectivity index (χ3n) is 8.71. The summed E-state index contributed by atoms with van der Waals surface area (Å²) in [7, 11) is 0. The zero-order valence-corrected chi connectivity index (χ0v) is 23.6. The fourth-order valence-electron chi connectivity index (χ4n) is 6.28. The average molecular weight is 565 g/mol. The molecule has 1 aliphatic carbocycles. The van der Waals surface area contributed by atoms with Gasteiger partial charge in [-0.3, -0.25) is 19.6 Å². The summed E-state index contributed by atoms with van der Waals surface area (Å²) < 4.78 is 42.2. The van der Waals surface area contributed by atoms with Crippen molar-refractivity contribution in [2.75, 3.05) is 18.0 Å². The fraction of sp³-hybridized carbons (Fsp3) is 0.484. The normalized spacial score (nSPS) is 22.7. The van der Waals surface area contributed by atoms with E-state index in [1.54, 1.807) is 11.1 Å². The standard InChI is InChI=1S/C31H35F3N6O/c1-4-38-29(41)26-28(40-18-25(19(2)3)36-30(38)40)39(17-20-10-13-23(14-11-20)31(32,33)34)27(37-26)22-12-15-24(35-16-22)21-8-6-5-7-9-21/h5-9,12,15-16,19-20,23,25H,4,10-11,13-14,17-18H2,1-3H3/t20?,23?,25-/m0/s1. The van der Waals surface area contributed by atoms with E-state index < -0.39 is 12.1 Å². The fourth-order valence-corrected chi connectivity index (χ4v) is 6.28. The number of benzene rings is 1. The number of amides is 1. The molecule has 1 fully saturated rings. The van der Waals surface area contributed by atoms with Gasteiger partial charge in [-0.2, -0.15) is 13.2 Å². The van der Waals surface area contributed by atoms with Crippen molar-refractivity contribution in [3.8, 4) is 22.6 Å². The zero-order valence-electron chi connectivity index (χ0n) is 23.6. The van der Waals surface area contributed by atoms with Crippen LogP contribution in [0.2, 0.25) is 0 Å². The first-order valence-electron chi connectivity index (χ1n) is 14.5. The molecule has 1 atom stereocenters. The number of anilines is 1. The van der Waals surface area contributed by atoms with E-state index >= 15 is 0 Å². The van der Waals surface area contributed by atoms with Crippen LogP contribution < -0.4 is 4.90 Å². The van der Waals surface area contributed by atoms with Crippen molar-refractivity contribution in [2.45, 2.75) is 65.2 Å². The maximum absolute atomic E-state index is 13.8. The Morgan fingerprint density at radius 1 is 1.00 bits per heavy atom. The zero-order chi connectivity index (χ0) is 28.9. The Balaban J connectivity index is 1.41. The van der Waals surface area contributed by atoms with Crippen molar-refractivity contribution in [1.29, 1.82) is 0 Å². The van der Waals surface area contributed by atoms with Gasteiger partial charge < -0.3 is 4.57 Å². The molecule has 2 aliphatic heterocycles. The Kier molecular flexibility index (Phi) is 7.11. The predicted octanol–water partition coefficient (Wildman–Crippen LogP) is 6.66. The number of rotatable bonds is 6. The summed E-state index contributed by atoms with van der Waals surface area (Å²) in [6.45, 7) is 7.74. The SMILES string of the molecule is CCN1C(=O)c2nc(-c3ccc(-c4ccccc4)nc3)n(CC3CCC(C(F)(F)F)CC3)c2N2C[C@@H](C(C)C)N=C12. The van der Waals surface area contributed by atoms with E-state index in [2.05, 4.69) is 23.3 Å². The summed E-state index contributed by atoms with van der Waals surface area (Å²) in [5.41, 5.74) is 2.94. The summed E-state index contributed by atoms with van der Waals surface area (Å²) in [6, 6.07) is 13.8. The van der Waals surface area contributed by atoms with Crippen molar-refractivity contribution in [1.82, 2.24) is 19.4 Å². The Hall–Kier alpha value is -3.69. The molecule has 41 heavy (non-hydrogen) atoms. The lowest BCUT2D eigenvalue weighted by Crippen LogP contribution is -2.50. The molecule has 3 aliphatic rings. The van der Waals surface area contributed by atoms with Gasteiger partial charge in [0.1, 0.15) is 11.6 Å². The lowest BCUT2D eigenvalue weighted by atomic mass is 9.81. The average Bonchev–Trinajstić information content (AvgIpc) is 3.57. The molecular formula is C31H35F3N6O. The quantitative estimate of drug-likeness (QED) is 0.336. The molecular weight excluding hydrogens is 529 g/mol. The maximum Gasteiger partial charge on any atom is 0.391 e. The van der Waals surface area contributed by atoms with Crippen molar-refractivity contribution < 1.29 is 18.0 Å². The van der Waals surface area contributed by atoms with Crippen molar-refractivity contribution in [3.05, 3.63) is 54.4 Å². The van der Waals surface area contributed by atoms with Gasteiger partial charge in [0, 0.05) is 30.4 Å². The Bertz CT molecular complexity index is 1440. The first-order chi connectivity index (χ1) is 19.7. The van der Waals surface area contributed by atoms with Crippen molar-refractivity contribution in [2.24, 2.45) is 22.7 Å². The second-order valence-electron chi connectivity index (χ2n) is 11.7. The number of hydrogen-bond acceptors (Lipinski definition) is 5. The number of alkyl halides is 3. The molecule has 4 heterocycles. The molecule has 7 nitrogen and oxygen atoms in total. The molecule has 1 aromatic carbocycles. The summed E-state index contributed by atoms with van der Waals surface area (Å²) in [6.07, 6.45) is -1.17. The number of aliphatic imine (C=N–C) groups is 1. The molecule has 10 heteroatoms. The Morgan fingerprint density at radius 3 is 2.34 bits per heavy atom. The number of carbonyl (C=O) groups excluding carboxylic acids is 1. The number of pyridine rings is 1. The monoisotopic (exact) mass is 564 g/mol. The van der Waals surface area contributed by atoms with Gasteiger partial charge in [-0.25, -0.2) is 9.98 Å². The van der Waals surface area contributed by atoms with E-state index in [1.165, 1.54) is 0 Å². The second kappa shape index (κ2) is 10.6. The van der Waals surface area contributed by atoms with Crippen LogP contribution in [0.3, 0.4) is 0 Å². The van der Waals surface area contributed by atoms with Crippen molar-refractivity contribution in [3.63, 3.8) is 0 Å². The molecule has 3 aromatic rings. The van der Waals surface area contributed by atoms with Crippen LogP contribution in [0, 0.1) is 17.8 Å². The highest BCUT2D eigenvalue weighted by atomic mass is 19.4. The van der Waals surface area contributed by atoms with Gasteiger partial charge in [0.05, 0.1) is 24.2 Å². The largest absolute Gasteiger partial charge is 0.391 e. The summed E-state index contributed by atoms with van der Waals surface area (Å²) in [5, 5.41) is 0. The number of imidazole rings is 1. The summed E-state index contributed by atoms with van der Waals surface area (Å²) in [4.78, 5) is 32.1. The highest BCUT2D eigenvalue weighted by molar-refractivity contribution is 6.18. The molecule has 1 saturated carbocycles. The van der Waals surface area contributed by atoms with Gasteiger partial charge in [-0.05, 0) is 56.6 Å². The van der Waals surface area contributed by atoms with E-state index in [1.807, 2.05) is 49.4 Å². The number of hydrogen-bond donors (Lipinski definition) is 0. The maximum atomic E-state index is 13.8. The number of guanidine groups is 1. The number of carbonyl (C=O) groups is 1. The van der Waals surface area contributed by atoms with Gasteiger partial charge in [-0.15, -0.1) is 0 Å². The molecule has 0 unspecified atom stereocenters. The molecule has 6 rings (SSSR count). The van der Waals surface area contributed by atoms with Crippen LogP contribution in [0.15, 0.2) is 53.7 Å². The summed E-state index contributed by atoms with van der Waals surface area (Å²) in [5.74, 6) is 0.833. The molecule has 216 valence electrons. The van der Waals surface area contributed by atoms with Crippen LogP contribution in [0.5, 0.6) is 0 Å². The first-order valence-corrected chi connectivity index (χ1v) is 14.5. The van der Waals surface area contributed by atoms with Gasteiger partial charge in [0.2, 0.25) is 5.96 Å². The number of nitrogens with zero attached hydrogens (tertiary/aromatic N) is 6. The van der Waals surface area contributed by atoms with E-state index in [9.17, 15) is 18.0 Å². The third-order valence-corrected chi connectivity index (χ3v) is 8.71. The highest BCUT2D eigenvalue weighted by Crippen LogP contribution is 2.42. The van der Waals surface area contributed by atoms with Crippen LogP contribution in [0.1, 0.15) is 56.9 Å². The van der Waals surface area contributed by atoms with Crippen LogP contribution in [-0.2, 0) is 6.54 Å². The first kappa shape index (κ1) is 27.5. The van der Waals surface area contributed by atoms with E-state index in [0.29, 0.717) is 55.8 Å². The van der Waals surface area contributed by atoms with E-state index in [-0.39, 0.29) is 36.6 Å². The molecule has 0 N–H and O–H groups in total. The molecule has 0 saturated heterocycles. The minimum absolute atomic E-state index is 0.0265. The molecule has 2 aromatic heterocycles. The summed E-state index contributed by atoms with van der Waals surface area (Å²) >= 11 is 0. The lowest BCUT2D eigenvalue weighted by molar-refractivity contribution is -0.184. The Morgan fingerprint density at radius 2 is 1.73 bits per heavy atom. The number of halogens is 3. The Labute approximate surface area is 238 Å². The predicted molar refractivity (Wildman–Crippen MR) is 153 cm³/mol. The van der Waals surface area contributed by atoms with Gasteiger partial charge in [0.25, 0.3) is 5.91 Å². The van der Waals surface area contributed by atoms with Gasteiger partial charge in [-0.1, -0.05) is 44.2 Å². The smallest absolute Gasteiger partial charge is 0.310 e. The molecule has 1 amide bonds. The van der Waals surface area contributed by atoms with Crippen LogP contribution in [-0.4, -0.2) is 56.6 Å². The minimum Gasteiger partial charge on any atom is -0.310 e. The van der Waals surface area contributed by atoms with E-state index in [4.69, 9.17) is 15.0 Å². The molecule has 0 spiro atoms. The van der Waals surface area contributed by atoms with Gasteiger partial charge in [0.15, 0.2) is 5.69 Å². The van der Waals surface area contributed by atoms with Crippen LogP contribution in [0.25, 0.3) is 22.6 Å². The van der Waals surface area contributed by atoms with E-state index in [0.717, 1.165) is 16.8 Å². The molecule has 0 bridgehead atoms. The number of aromatic nitrogens is 3. The third kappa shape index (κ3) is 5.02. The van der Waals surface area contributed by atoms with Crippen molar-refractivity contribution >= 4 is 17.7 Å². The molecule has 0 radical (unpaired) electrons. The van der Waals surface area contributed by atoms with Crippen LogP contribution >= 0.6 is 0 Å².